The number of benzene rings is 4. The lowest BCUT2D eigenvalue weighted by Crippen LogP contribution is -1.77. The van der Waals surface area contributed by atoms with Crippen LogP contribution in [0.5, 0.6) is 0 Å². The van der Waals surface area contributed by atoms with Crippen LogP contribution in [0.3, 0.4) is 0 Å². The van der Waals surface area contributed by atoms with Crippen molar-refractivity contribution in [3.8, 4) is 0 Å². The average Bonchev–Trinajstić information content (AvgIpc) is 3.12. The zero-order valence-corrected chi connectivity index (χ0v) is 31.1. The lowest BCUT2D eigenvalue weighted by Gasteiger charge is -1.93. The first-order chi connectivity index (χ1) is 26.1. The molecule has 3 heterocycles. The van der Waals surface area contributed by atoms with Crippen LogP contribution >= 0.6 is 0 Å². The molecule has 12 bridgehead atoms. The Labute approximate surface area is 318 Å². The molecule has 4 aromatic carbocycles. The molecule has 0 aliphatic carbocycles. The Hall–Kier alpha value is -7.46. The molecule has 0 saturated heterocycles. The normalized spacial score (nSPS) is 9.89. The van der Waals surface area contributed by atoms with Crippen molar-refractivity contribution in [3.05, 3.63) is 203 Å². The maximum absolute atomic E-state index is 4.76. The van der Waals surface area contributed by atoms with E-state index in [1.54, 1.807) is 0 Å². The van der Waals surface area contributed by atoms with E-state index in [-0.39, 0.29) is 0 Å². The summed E-state index contributed by atoms with van der Waals surface area (Å²) in [4.78, 5) is 9.52. The van der Waals surface area contributed by atoms with Crippen molar-refractivity contribution in [1.82, 2.24) is 9.97 Å². The van der Waals surface area contributed by atoms with Crippen molar-refractivity contribution < 1.29 is 0 Å². The number of nitrogens with zero attached hydrogens (tertiary/aromatic N) is 2. The SMILES string of the molecule is Cc1cc2c#cc3cc(C)cc(c#cc4cc(C)cc(c#cc5cc(C)cc(c#cc6cc(C)cc(c#cc7cc(C)cc(c#cc(c1)c2)n7)c6)c5)n4)c3. The summed E-state index contributed by atoms with van der Waals surface area (Å²) in [6.45, 7) is 12.3. The molecule has 252 valence electrons. The van der Waals surface area contributed by atoms with E-state index in [1.807, 2.05) is 62.4 Å². The Kier molecular flexibility index (Phi) is 9.99. The molecule has 0 N–H and O–H groups in total. The van der Waals surface area contributed by atoms with Crippen LogP contribution in [0.25, 0.3) is 65.2 Å². The summed E-state index contributed by atoms with van der Waals surface area (Å²) in [6, 6.07) is 72.1. The van der Waals surface area contributed by atoms with Crippen LogP contribution in [0.2, 0.25) is 0 Å². The summed E-state index contributed by atoms with van der Waals surface area (Å²) in [5, 5.41) is 7.03. The number of pyridine rings is 2. The number of aromatic nitrogens is 2. The Balaban J connectivity index is 1.47. The van der Waals surface area contributed by atoms with Crippen molar-refractivity contribution in [2.75, 3.05) is 0 Å². The number of rotatable bonds is 0. The molecule has 7 aromatic rings. The van der Waals surface area contributed by atoms with Gasteiger partial charge in [-0.05, 0) is 196 Å². The Bertz CT molecular complexity index is 2210. The highest BCUT2D eigenvalue weighted by Crippen LogP contribution is 2.13. The molecule has 0 fully saturated rings. The van der Waals surface area contributed by atoms with Gasteiger partial charge in [-0.3, -0.25) is 0 Å². The van der Waals surface area contributed by atoms with Gasteiger partial charge < -0.3 is 0 Å². The van der Waals surface area contributed by atoms with Crippen LogP contribution in [0.4, 0.5) is 0 Å². The van der Waals surface area contributed by atoms with Gasteiger partial charge in [-0.25, -0.2) is 9.97 Å². The van der Waals surface area contributed by atoms with E-state index in [0.29, 0.717) is 22.1 Å². The van der Waals surface area contributed by atoms with Gasteiger partial charge in [0.1, 0.15) is 22.1 Å². The smallest absolute Gasteiger partial charge is 0.115 e. The molecule has 2 nitrogen and oxygen atoms in total. The third-order valence-electron chi connectivity index (χ3n) is 8.29. The fourth-order valence-electron chi connectivity index (χ4n) is 6.13. The molecule has 0 aliphatic heterocycles. The van der Waals surface area contributed by atoms with Gasteiger partial charge in [0, 0.05) is 43.1 Å². The summed E-state index contributed by atoms with van der Waals surface area (Å²) >= 11 is 0. The second-order valence-corrected chi connectivity index (χ2v) is 13.7. The largest absolute Gasteiger partial charge is 0.231 e. The first kappa shape index (κ1) is 35.0. The molecule has 3 aromatic heterocycles. The summed E-state index contributed by atoms with van der Waals surface area (Å²) < 4.78 is 0. The van der Waals surface area contributed by atoms with Gasteiger partial charge in [0.2, 0.25) is 0 Å². The summed E-state index contributed by atoms with van der Waals surface area (Å²) in [7, 11) is 0. The predicted octanol–water partition coefficient (Wildman–Crippen LogP) is 11.9. The number of aryl methyl sites for hydroxylation is 6. The molecular formula is C52H34N2. The van der Waals surface area contributed by atoms with Gasteiger partial charge in [0.15, 0.2) is 0 Å². The lowest BCUT2D eigenvalue weighted by atomic mass is 10.1. The van der Waals surface area contributed by atoms with Crippen LogP contribution in [0.15, 0.2) is 97.1 Å². The number of hydrogen-bond acceptors (Lipinski definition) is 2. The van der Waals surface area contributed by atoms with Crippen LogP contribution < -0.4 is 0 Å². The van der Waals surface area contributed by atoms with Crippen LogP contribution in [-0.4, -0.2) is 9.97 Å². The van der Waals surface area contributed by atoms with E-state index in [2.05, 4.69) is 149 Å². The third kappa shape index (κ3) is 9.45. The first-order valence-corrected chi connectivity index (χ1v) is 17.6. The van der Waals surface area contributed by atoms with E-state index in [0.717, 1.165) is 76.5 Å². The molecule has 0 amide bonds. The Morgan fingerprint density at radius 2 is 0.389 bits per heavy atom. The lowest BCUT2D eigenvalue weighted by molar-refractivity contribution is 1.41. The molecule has 7 rings (SSSR count). The second-order valence-electron chi connectivity index (χ2n) is 13.7. The highest BCUT2D eigenvalue weighted by Gasteiger charge is 1.94. The van der Waals surface area contributed by atoms with Crippen molar-refractivity contribution in [2.24, 2.45) is 0 Å². The minimum Gasteiger partial charge on any atom is -0.231 e. The minimum atomic E-state index is 0.664. The zero-order chi connectivity index (χ0) is 37.6. The molecule has 54 heavy (non-hydrogen) atoms. The van der Waals surface area contributed by atoms with Crippen molar-refractivity contribution in [2.45, 2.75) is 41.5 Å². The molecule has 0 saturated carbocycles. The number of fused-ring (bicyclic) bond motifs is 12. The fourth-order valence-corrected chi connectivity index (χ4v) is 6.13. The van der Waals surface area contributed by atoms with Crippen LogP contribution in [-0.2, 0) is 0 Å². The van der Waals surface area contributed by atoms with Crippen molar-refractivity contribution >= 4 is 65.2 Å². The minimum absolute atomic E-state index is 0.664. The maximum atomic E-state index is 4.76. The maximum Gasteiger partial charge on any atom is 0.115 e. The molecule has 0 atom stereocenters. The highest BCUT2D eigenvalue weighted by atomic mass is 14.7. The van der Waals surface area contributed by atoms with E-state index in [9.17, 15) is 0 Å². The first-order valence-electron chi connectivity index (χ1n) is 17.6. The topological polar surface area (TPSA) is 25.8 Å². The van der Waals surface area contributed by atoms with Gasteiger partial charge in [0.05, 0.1) is 0 Å². The zero-order valence-electron chi connectivity index (χ0n) is 31.1. The molecule has 0 spiro atoms. The summed E-state index contributed by atoms with van der Waals surface area (Å²) in [6.07, 6.45) is 0. The second kappa shape index (κ2) is 15.4. The van der Waals surface area contributed by atoms with Gasteiger partial charge in [-0.2, -0.15) is 0 Å². The summed E-state index contributed by atoms with van der Waals surface area (Å²) in [5.74, 6) is 0. The molecule has 0 aliphatic rings. The fraction of sp³-hybridized carbons (Fsp3) is 0.115. The van der Waals surface area contributed by atoms with Gasteiger partial charge >= 0.3 is 0 Å². The predicted molar refractivity (Wildman–Crippen MR) is 221 cm³/mol. The molecule has 0 unspecified atom stereocenters. The standard InChI is InChI=1S/C52H34N2/c1-35-19-41-7-8-42-20-36(2)24-46(32-42)12-17-51-29-40(6)30-52(54-51)18-14-48-26-38(4)22-44(34-48)10-9-43-21-37(3)25-47(33-43)13-16-50-28-39(5)27-49(53-50)15-11-45(23-35)31-41/h19-34H,1-6H3. The van der Waals surface area contributed by atoms with E-state index in [1.165, 1.54) is 0 Å². The van der Waals surface area contributed by atoms with Crippen molar-refractivity contribution in [1.29, 1.82) is 0 Å². The molecule has 2 heteroatoms. The van der Waals surface area contributed by atoms with E-state index >= 15 is 0 Å². The van der Waals surface area contributed by atoms with Gasteiger partial charge in [0.25, 0.3) is 0 Å². The quantitative estimate of drug-likeness (QED) is 0.159. The monoisotopic (exact) mass is 686 g/mol. The van der Waals surface area contributed by atoms with Crippen LogP contribution in [0, 0.1) is 114 Å². The Morgan fingerprint density at radius 3 is 0.593 bits per heavy atom. The van der Waals surface area contributed by atoms with Gasteiger partial charge in [-0.1, -0.05) is 48.5 Å². The molecule has 0 radical (unpaired) electrons. The summed E-state index contributed by atoms with van der Waals surface area (Å²) in [5.41, 5.74) is 9.06. The van der Waals surface area contributed by atoms with E-state index in [4.69, 9.17) is 9.97 Å². The highest BCUT2D eigenvalue weighted by molar-refractivity contribution is 5.71. The van der Waals surface area contributed by atoms with Crippen molar-refractivity contribution in [3.63, 3.8) is 0 Å². The Morgan fingerprint density at radius 1 is 0.222 bits per heavy atom. The van der Waals surface area contributed by atoms with E-state index < -0.39 is 0 Å². The third-order valence-corrected chi connectivity index (χ3v) is 8.29. The van der Waals surface area contributed by atoms with Gasteiger partial charge in [-0.15, -0.1) is 0 Å². The van der Waals surface area contributed by atoms with Crippen LogP contribution in [0.1, 0.15) is 33.4 Å². The number of hydrogen-bond donors (Lipinski definition) is 0. The molecular weight excluding hydrogens is 653 g/mol. The average molecular weight is 687 g/mol.